The van der Waals surface area contributed by atoms with Gasteiger partial charge in [-0.2, -0.15) is 0 Å². The van der Waals surface area contributed by atoms with Crippen molar-refractivity contribution in [3.8, 4) is 0 Å². The van der Waals surface area contributed by atoms with Crippen LogP contribution in [0.5, 0.6) is 0 Å². The van der Waals surface area contributed by atoms with Gasteiger partial charge in [0.1, 0.15) is 6.04 Å². The number of nitrogens with one attached hydrogen (secondary N) is 1. The highest BCUT2D eigenvalue weighted by molar-refractivity contribution is 6.34. The summed E-state index contributed by atoms with van der Waals surface area (Å²) in [6.07, 6.45) is 0. The lowest BCUT2D eigenvalue weighted by Gasteiger charge is -2.14. The van der Waals surface area contributed by atoms with Crippen molar-refractivity contribution in [2.45, 2.75) is 13.0 Å². The first-order valence-corrected chi connectivity index (χ1v) is 8.88. The molecule has 1 amide bonds. The fourth-order valence-corrected chi connectivity index (χ4v) is 3.20. The number of benzene rings is 3. The number of halogens is 1. The van der Waals surface area contributed by atoms with E-state index in [-0.39, 0.29) is 29.2 Å². The van der Waals surface area contributed by atoms with Crippen molar-refractivity contribution in [3.63, 3.8) is 0 Å². The van der Waals surface area contributed by atoms with Crippen LogP contribution in [-0.2, 0) is 4.79 Å². The largest absolute Gasteiger partial charge is 0.332 e. The summed E-state index contributed by atoms with van der Waals surface area (Å²) >= 11 is 6.01. The molecular formula is C20H19ClN3O3+. The smallest absolute Gasteiger partial charge is 0.279 e. The van der Waals surface area contributed by atoms with Crippen LogP contribution >= 0.6 is 11.6 Å². The van der Waals surface area contributed by atoms with Gasteiger partial charge in [-0.25, -0.2) is 0 Å². The summed E-state index contributed by atoms with van der Waals surface area (Å²) in [6.45, 7) is 2.26. The van der Waals surface area contributed by atoms with Crippen molar-refractivity contribution < 1.29 is 15.0 Å². The standard InChI is InChI=1S/C20H18ClN3O3/c1-13(16-8-4-6-14-5-2-3-7-17(14)16)22-12-20(25)23-19-10-9-15(24(26)27)11-18(19)21/h2-11,13,22H,12H2,1H3,(H,23,25)/p+1/t13-/m0/s1. The van der Waals surface area contributed by atoms with Gasteiger partial charge in [-0.3, -0.25) is 14.9 Å². The molecular weight excluding hydrogens is 366 g/mol. The van der Waals surface area contributed by atoms with Gasteiger partial charge < -0.3 is 10.6 Å². The first-order valence-electron chi connectivity index (χ1n) is 8.50. The van der Waals surface area contributed by atoms with Crippen molar-refractivity contribution >= 4 is 39.7 Å². The number of fused-ring (bicyclic) bond motifs is 1. The highest BCUT2D eigenvalue weighted by atomic mass is 35.5. The molecule has 0 aliphatic rings. The maximum absolute atomic E-state index is 12.2. The quantitative estimate of drug-likeness (QED) is 0.502. The van der Waals surface area contributed by atoms with E-state index < -0.39 is 4.92 Å². The van der Waals surface area contributed by atoms with Crippen molar-refractivity contribution in [2.24, 2.45) is 0 Å². The van der Waals surface area contributed by atoms with Crippen LogP contribution in [0.1, 0.15) is 18.5 Å². The number of amides is 1. The summed E-state index contributed by atoms with van der Waals surface area (Å²) in [6, 6.07) is 18.3. The lowest BCUT2D eigenvalue weighted by atomic mass is 10.00. The van der Waals surface area contributed by atoms with Gasteiger partial charge in [-0.1, -0.05) is 54.1 Å². The molecule has 1 atom stereocenters. The van der Waals surface area contributed by atoms with E-state index in [0.717, 1.165) is 10.9 Å². The Morgan fingerprint density at radius 1 is 1.19 bits per heavy atom. The molecule has 0 radical (unpaired) electrons. The normalized spacial score (nSPS) is 11.9. The molecule has 0 aliphatic carbocycles. The number of anilines is 1. The zero-order valence-corrected chi connectivity index (χ0v) is 15.4. The number of nitrogens with two attached hydrogens (primary N) is 1. The van der Waals surface area contributed by atoms with E-state index >= 15 is 0 Å². The third kappa shape index (κ3) is 4.42. The molecule has 3 rings (SSSR count). The van der Waals surface area contributed by atoms with Gasteiger partial charge in [-0.15, -0.1) is 0 Å². The molecule has 0 aromatic heterocycles. The highest BCUT2D eigenvalue weighted by Gasteiger charge is 2.16. The first kappa shape index (κ1) is 18.8. The van der Waals surface area contributed by atoms with Crippen LogP contribution in [-0.4, -0.2) is 17.4 Å². The molecule has 27 heavy (non-hydrogen) atoms. The molecule has 0 spiro atoms. The molecule has 138 valence electrons. The second-order valence-corrected chi connectivity index (χ2v) is 6.67. The first-order chi connectivity index (χ1) is 13.0. The van der Waals surface area contributed by atoms with Gasteiger partial charge >= 0.3 is 0 Å². The minimum Gasteiger partial charge on any atom is -0.332 e. The molecule has 0 unspecified atom stereocenters. The van der Waals surface area contributed by atoms with Crippen LogP contribution in [0.3, 0.4) is 0 Å². The molecule has 3 N–H and O–H groups in total. The Morgan fingerprint density at radius 3 is 2.67 bits per heavy atom. The molecule has 6 nitrogen and oxygen atoms in total. The monoisotopic (exact) mass is 384 g/mol. The van der Waals surface area contributed by atoms with E-state index in [1.807, 2.05) is 30.4 Å². The maximum Gasteiger partial charge on any atom is 0.279 e. The molecule has 0 fully saturated rings. The minimum atomic E-state index is -0.531. The average Bonchev–Trinajstić information content (AvgIpc) is 2.67. The number of nitro groups is 1. The van der Waals surface area contributed by atoms with E-state index in [1.54, 1.807) is 0 Å². The van der Waals surface area contributed by atoms with E-state index in [1.165, 1.54) is 23.6 Å². The Hall–Kier alpha value is -2.96. The van der Waals surface area contributed by atoms with Crippen LogP contribution in [0.25, 0.3) is 10.8 Å². The van der Waals surface area contributed by atoms with E-state index in [2.05, 4.69) is 29.6 Å². The molecule has 7 heteroatoms. The molecule has 3 aromatic carbocycles. The SMILES string of the molecule is C[C@H]([NH2+]CC(=O)Nc1ccc([N+](=O)[O-])cc1Cl)c1cccc2ccccc12. The molecule has 0 aliphatic heterocycles. The second kappa shape index (κ2) is 8.16. The van der Waals surface area contributed by atoms with Crippen LogP contribution in [0, 0.1) is 10.1 Å². The third-order valence-electron chi connectivity index (χ3n) is 4.41. The summed E-state index contributed by atoms with van der Waals surface area (Å²) in [5.74, 6) is -0.224. The van der Waals surface area contributed by atoms with Gasteiger partial charge in [-0.05, 0) is 23.8 Å². The van der Waals surface area contributed by atoms with Crippen LogP contribution in [0.4, 0.5) is 11.4 Å². The Kier molecular flexibility index (Phi) is 5.69. The van der Waals surface area contributed by atoms with Crippen molar-refractivity contribution in [1.82, 2.24) is 0 Å². The topological polar surface area (TPSA) is 88.8 Å². The Bertz CT molecular complexity index is 1000. The Morgan fingerprint density at radius 2 is 1.93 bits per heavy atom. The van der Waals surface area contributed by atoms with E-state index in [0.29, 0.717) is 5.69 Å². The Balaban J connectivity index is 1.64. The number of non-ortho nitro benzene ring substituents is 1. The lowest BCUT2D eigenvalue weighted by molar-refractivity contribution is -0.682. The fourth-order valence-electron chi connectivity index (χ4n) is 2.98. The van der Waals surface area contributed by atoms with Crippen LogP contribution in [0.15, 0.2) is 60.7 Å². The Labute approximate surface area is 161 Å². The minimum absolute atomic E-state index is 0.0918. The summed E-state index contributed by atoms with van der Waals surface area (Å²) in [5, 5.41) is 17.9. The maximum atomic E-state index is 12.2. The van der Waals surface area contributed by atoms with Gasteiger partial charge in [0.15, 0.2) is 6.54 Å². The molecule has 0 heterocycles. The van der Waals surface area contributed by atoms with Crippen LogP contribution in [0.2, 0.25) is 5.02 Å². The predicted octanol–water partition coefficient (Wildman–Crippen LogP) is 3.66. The molecule has 0 saturated carbocycles. The summed E-state index contributed by atoms with van der Waals surface area (Å²) in [7, 11) is 0. The number of hydrogen-bond donors (Lipinski definition) is 2. The van der Waals surface area contributed by atoms with Crippen molar-refractivity contribution in [3.05, 3.63) is 81.4 Å². The van der Waals surface area contributed by atoms with Crippen LogP contribution < -0.4 is 10.6 Å². The highest BCUT2D eigenvalue weighted by Crippen LogP contribution is 2.26. The second-order valence-electron chi connectivity index (χ2n) is 6.27. The third-order valence-corrected chi connectivity index (χ3v) is 4.72. The van der Waals surface area contributed by atoms with E-state index in [9.17, 15) is 14.9 Å². The molecule has 3 aromatic rings. The summed E-state index contributed by atoms with van der Waals surface area (Å²) in [4.78, 5) is 22.5. The number of quaternary nitrogens is 1. The lowest BCUT2D eigenvalue weighted by Crippen LogP contribution is -2.86. The van der Waals surface area contributed by atoms with E-state index in [4.69, 9.17) is 11.6 Å². The van der Waals surface area contributed by atoms with Gasteiger partial charge in [0.2, 0.25) is 0 Å². The fraction of sp³-hybridized carbons (Fsp3) is 0.150. The van der Waals surface area contributed by atoms with Gasteiger partial charge in [0.05, 0.1) is 15.6 Å². The number of carbonyl (C=O) groups is 1. The summed E-state index contributed by atoms with van der Waals surface area (Å²) < 4.78 is 0. The zero-order chi connectivity index (χ0) is 19.4. The number of nitrogens with zero attached hydrogens (tertiary/aromatic N) is 1. The number of hydrogen-bond acceptors (Lipinski definition) is 3. The van der Waals surface area contributed by atoms with Gasteiger partial charge in [0, 0.05) is 17.7 Å². The number of nitro benzene ring substituents is 1. The zero-order valence-electron chi connectivity index (χ0n) is 14.7. The average molecular weight is 385 g/mol. The van der Waals surface area contributed by atoms with Crippen molar-refractivity contribution in [2.75, 3.05) is 11.9 Å². The molecule has 0 bridgehead atoms. The number of carbonyl (C=O) groups excluding carboxylic acids is 1. The van der Waals surface area contributed by atoms with Crippen molar-refractivity contribution in [1.29, 1.82) is 0 Å². The predicted molar refractivity (Wildman–Crippen MR) is 106 cm³/mol. The summed E-state index contributed by atoms with van der Waals surface area (Å²) in [5.41, 5.74) is 1.40. The van der Waals surface area contributed by atoms with Gasteiger partial charge in [0.25, 0.3) is 11.6 Å². The molecule has 0 saturated heterocycles. The number of rotatable bonds is 6.